The molecule has 0 radical (unpaired) electrons. The number of hydrogen-bond donors (Lipinski definition) is 0. The predicted octanol–water partition coefficient (Wildman–Crippen LogP) is 4.96. The molecule has 0 saturated heterocycles. The van der Waals surface area contributed by atoms with Crippen LogP contribution < -0.4 is 5.56 Å². The number of carbonyl (C=O) groups excluding carboxylic acids is 1. The molecule has 162 valence electrons. The highest BCUT2D eigenvalue weighted by atomic mass is 19.1. The summed E-state index contributed by atoms with van der Waals surface area (Å²) in [6, 6.07) is 10.6. The average molecular weight is 433 g/mol. The minimum atomic E-state index is -0.774. The van der Waals surface area contributed by atoms with Gasteiger partial charge in [-0.3, -0.25) is 14.2 Å². The highest BCUT2D eigenvalue weighted by Crippen LogP contribution is 2.34. The minimum Gasteiger partial charge on any atom is -0.295 e. The standard InChI is InChI=1S/C25H21F2N3O2/c1-14-6-9-16(22(31)10-15-7-8-15)11-18(14)19-12-17-13-28-30(24(17)29(2)25(19)32)23-20(26)4-3-5-21(23)27/h3-6,9,11-13,15H,7-8,10H2,1-2H3. The maximum Gasteiger partial charge on any atom is 0.259 e. The van der Waals surface area contributed by atoms with Crippen LogP contribution in [0.1, 0.15) is 35.2 Å². The summed E-state index contributed by atoms with van der Waals surface area (Å²) in [6.45, 7) is 1.88. The smallest absolute Gasteiger partial charge is 0.259 e. The first-order valence-corrected chi connectivity index (χ1v) is 10.5. The number of fused-ring (bicyclic) bond motifs is 1. The van der Waals surface area contributed by atoms with Crippen LogP contribution in [0.4, 0.5) is 8.78 Å². The maximum absolute atomic E-state index is 14.4. The molecule has 0 N–H and O–H groups in total. The molecule has 2 heterocycles. The summed E-state index contributed by atoms with van der Waals surface area (Å²) in [7, 11) is 1.54. The van der Waals surface area contributed by atoms with Crippen LogP contribution in [0.5, 0.6) is 0 Å². The minimum absolute atomic E-state index is 0.0782. The van der Waals surface area contributed by atoms with E-state index in [9.17, 15) is 18.4 Å². The normalized spacial score (nSPS) is 13.6. The molecule has 2 aromatic heterocycles. The van der Waals surface area contributed by atoms with E-state index in [0.29, 0.717) is 34.4 Å². The first-order valence-electron chi connectivity index (χ1n) is 10.5. The zero-order valence-electron chi connectivity index (χ0n) is 17.7. The van der Waals surface area contributed by atoms with Gasteiger partial charge in [-0.05, 0) is 61.1 Å². The zero-order valence-corrected chi connectivity index (χ0v) is 17.7. The molecule has 0 unspecified atom stereocenters. The van der Waals surface area contributed by atoms with Crippen molar-refractivity contribution < 1.29 is 13.6 Å². The summed E-state index contributed by atoms with van der Waals surface area (Å²) >= 11 is 0. The number of carbonyl (C=O) groups is 1. The molecule has 0 aliphatic heterocycles. The summed E-state index contributed by atoms with van der Waals surface area (Å²) in [5.74, 6) is -0.996. The number of halogens is 2. The van der Waals surface area contributed by atoms with Crippen molar-refractivity contribution in [1.82, 2.24) is 14.3 Å². The van der Waals surface area contributed by atoms with E-state index in [1.807, 2.05) is 13.0 Å². The molecule has 0 amide bonds. The number of ketones is 1. The molecular formula is C25H21F2N3O2. The van der Waals surface area contributed by atoms with E-state index < -0.39 is 11.6 Å². The van der Waals surface area contributed by atoms with E-state index in [1.54, 1.807) is 25.2 Å². The van der Waals surface area contributed by atoms with Crippen LogP contribution in [0.3, 0.4) is 0 Å². The van der Waals surface area contributed by atoms with Crippen LogP contribution in [-0.4, -0.2) is 20.1 Å². The van der Waals surface area contributed by atoms with Gasteiger partial charge in [-0.25, -0.2) is 13.5 Å². The molecule has 0 bridgehead atoms. The number of Topliss-reactive ketones (excluding diaryl/α,β-unsaturated/α-hetero) is 1. The van der Waals surface area contributed by atoms with Gasteiger partial charge in [0.25, 0.3) is 5.56 Å². The topological polar surface area (TPSA) is 56.9 Å². The van der Waals surface area contributed by atoms with Crippen molar-refractivity contribution in [2.24, 2.45) is 13.0 Å². The lowest BCUT2D eigenvalue weighted by Crippen LogP contribution is -2.21. The second kappa shape index (κ2) is 7.51. The molecule has 7 heteroatoms. The van der Waals surface area contributed by atoms with Crippen molar-refractivity contribution in [3.8, 4) is 16.8 Å². The number of pyridine rings is 1. The highest BCUT2D eigenvalue weighted by molar-refractivity contribution is 5.98. The number of aryl methyl sites for hydroxylation is 2. The van der Waals surface area contributed by atoms with E-state index in [2.05, 4.69) is 5.10 Å². The van der Waals surface area contributed by atoms with E-state index in [4.69, 9.17) is 0 Å². The van der Waals surface area contributed by atoms with Crippen molar-refractivity contribution in [3.05, 3.63) is 81.8 Å². The second-order valence-corrected chi connectivity index (χ2v) is 8.43. The monoisotopic (exact) mass is 433 g/mol. The fraction of sp³-hybridized carbons (Fsp3) is 0.240. The molecule has 32 heavy (non-hydrogen) atoms. The van der Waals surface area contributed by atoms with Crippen molar-refractivity contribution in [2.75, 3.05) is 0 Å². The average Bonchev–Trinajstić information content (AvgIpc) is 3.48. The van der Waals surface area contributed by atoms with Gasteiger partial charge in [0.05, 0.1) is 6.20 Å². The van der Waals surface area contributed by atoms with Crippen LogP contribution in [-0.2, 0) is 7.05 Å². The quantitative estimate of drug-likeness (QED) is 0.418. The molecule has 1 saturated carbocycles. The van der Waals surface area contributed by atoms with E-state index >= 15 is 0 Å². The third-order valence-electron chi connectivity index (χ3n) is 6.09. The number of benzene rings is 2. The van der Waals surface area contributed by atoms with Gasteiger partial charge in [-0.2, -0.15) is 5.10 Å². The van der Waals surface area contributed by atoms with Gasteiger partial charge in [0, 0.05) is 30.0 Å². The Morgan fingerprint density at radius 3 is 2.50 bits per heavy atom. The van der Waals surface area contributed by atoms with E-state index in [0.717, 1.165) is 35.2 Å². The third-order valence-corrected chi connectivity index (χ3v) is 6.09. The number of hydrogen-bond acceptors (Lipinski definition) is 3. The third kappa shape index (κ3) is 3.34. The van der Waals surface area contributed by atoms with Gasteiger partial charge < -0.3 is 0 Å². The molecular weight excluding hydrogens is 412 g/mol. The summed E-state index contributed by atoms with van der Waals surface area (Å²) < 4.78 is 31.2. The molecule has 4 aromatic rings. The van der Waals surface area contributed by atoms with E-state index in [1.165, 1.54) is 16.8 Å². The number of rotatable bonds is 5. The van der Waals surface area contributed by atoms with Gasteiger partial charge in [-0.1, -0.05) is 18.2 Å². The zero-order chi connectivity index (χ0) is 22.6. The van der Waals surface area contributed by atoms with Crippen LogP contribution in [0, 0.1) is 24.5 Å². The van der Waals surface area contributed by atoms with Crippen molar-refractivity contribution in [3.63, 3.8) is 0 Å². The Hall–Kier alpha value is -3.61. The molecule has 0 atom stereocenters. The van der Waals surface area contributed by atoms with Crippen molar-refractivity contribution in [2.45, 2.75) is 26.2 Å². The Kier molecular flexibility index (Phi) is 4.77. The van der Waals surface area contributed by atoms with Crippen LogP contribution >= 0.6 is 0 Å². The van der Waals surface area contributed by atoms with E-state index in [-0.39, 0.29) is 22.7 Å². The lowest BCUT2D eigenvalue weighted by molar-refractivity contribution is 0.0976. The fourth-order valence-electron chi connectivity index (χ4n) is 4.12. The van der Waals surface area contributed by atoms with Crippen LogP contribution in [0.2, 0.25) is 0 Å². The Labute approximate surface area is 182 Å². The Balaban J connectivity index is 1.67. The number of nitrogens with zero attached hydrogens (tertiary/aromatic N) is 3. The Morgan fingerprint density at radius 1 is 1.09 bits per heavy atom. The number of para-hydroxylation sites is 1. The predicted molar refractivity (Wildman–Crippen MR) is 118 cm³/mol. The van der Waals surface area contributed by atoms with Crippen LogP contribution in [0.15, 0.2) is 53.5 Å². The summed E-state index contributed by atoms with van der Waals surface area (Å²) in [6.07, 6.45) is 4.19. The number of aromatic nitrogens is 3. The second-order valence-electron chi connectivity index (χ2n) is 8.43. The van der Waals surface area contributed by atoms with Gasteiger partial charge in [0.1, 0.15) is 11.3 Å². The van der Waals surface area contributed by atoms with Gasteiger partial charge in [0.2, 0.25) is 0 Å². The van der Waals surface area contributed by atoms with Gasteiger partial charge in [0.15, 0.2) is 17.4 Å². The van der Waals surface area contributed by atoms with Gasteiger partial charge in [-0.15, -0.1) is 0 Å². The molecule has 1 aliphatic rings. The fourth-order valence-corrected chi connectivity index (χ4v) is 4.12. The van der Waals surface area contributed by atoms with Gasteiger partial charge >= 0.3 is 0 Å². The van der Waals surface area contributed by atoms with Crippen molar-refractivity contribution >= 4 is 16.8 Å². The SMILES string of the molecule is Cc1ccc(C(=O)CC2CC2)cc1-c1cc2cnn(-c3c(F)cccc3F)c2n(C)c1=O. The Bertz CT molecular complexity index is 1430. The lowest BCUT2D eigenvalue weighted by atomic mass is 9.95. The molecule has 5 rings (SSSR count). The molecule has 2 aromatic carbocycles. The summed E-state index contributed by atoms with van der Waals surface area (Å²) in [5.41, 5.74) is 2.12. The first-order chi connectivity index (χ1) is 15.3. The summed E-state index contributed by atoms with van der Waals surface area (Å²) in [4.78, 5) is 25.9. The Morgan fingerprint density at radius 2 is 1.81 bits per heavy atom. The molecule has 1 aliphatic carbocycles. The first kappa shape index (κ1) is 20.3. The lowest BCUT2D eigenvalue weighted by Gasteiger charge is -2.12. The van der Waals surface area contributed by atoms with Crippen molar-refractivity contribution in [1.29, 1.82) is 0 Å². The molecule has 1 fully saturated rings. The maximum atomic E-state index is 14.4. The largest absolute Gasteiger partial charge is 0.295 e. The summed E-state index contributed by atoms with van der Waals surface area (Å²) in [5, 5.41) is 4.71. The van der Waals surface area contributed by atoms with Crippen LogP contribution in [0.25, 0.3) is 27.8 Å². The molecule has 5 nitrogen and oxygen atoms in total. The highest BCUT2D eigenvalue weighted by Gasteiger charge is 2.25. The molecule has 0 spiro atoms.